The van der Waals surface area contributed by atoms with E-state index >= 15 is 0 Å². The van der Waals surface area contributed by atoms with Gasteiger partial charge in [-0.2, -0.15) is 0 Å². The van der Waals surface area contributed by atoms with Crippen LogP contribution < -0.4 is 0 Å². The lowest BCUT2D eigenvalue weighted by molar-refractivity contribution is 1.08. The van der Waals surface area contributed by atoms with E-state index in [2.05, 4.69) is 117 Å². The fraction of sp³-hybridized carbons (Fsp3) is 0. The molecule has 0 aliphatic rings. The molecule has 0 amide bonds. The van der Waals surface area contributed by atoms with E-state index in [1.165, 1.54) is 48.9 Å². The molecule has 9 aromatic rings. The largest absolute Gasteiger partial charge is 0.309 e. The van der Waals surface area contributed by atoms with E-state index in [0.29, 0.717) is 0 Å². The van der Waals surface area contributed by atoms with Crippen LogP contribution in [0.1, 0.15) is 0 Å². The lowest BCUT2D eigenvalue weighted by Crippen LogP contribution is -1.98. The van der Waals surface area contributed by atoms with E-state index in [9.17, 15) is 0 Å². The number of hydrogen-bond donors (Lipinski definition) is 0. The summed E-state index contributed by atoms with van der Waals surface area (Å²) in [5.74, 6) is 0.892. The van der Waals surface area contributed by atoms with Gasteiger partial charge in [-0.1, -0.05) is 66.7 Å². The SMILES string of the molecule is c1cncc(-c2ccnc(-n3c4ccccc4c4cc5c(cc43)c3ccccc3c3cc4ccccc4n35)c2)c1. The first-order valence-corrected chi connectivity index (χ1v) is 13.5. The molecule has 0 saturated carbocycles. The number of aromatic nitrogens is 4. The molecule has 0 fully saturated rings. The summed E-state index contributed by atoms with van der Waals surface area (Å²) >= 11 is 0. The molecule has 0 saturated heterocycles. The second-order valence-corrected chi connectivity index (χ2v) is 10.4. The Balaban J connectivity index is 1.46. The summed E-state index contributed by atoms with van der Waals surface area (Å²) in [6.45, 7) is 0. The second-order valence-electron chi connectivity index (χ2n) is 10.4. The monoisotopic (exact) mass is 510 g/mol. The smallest absolute Gasteiger partial charge is 0.138 e. The number of fused-ring (bicyclic) bond motifs is 11. The Kier molecular flexibility index (Phi) is 4.30. The van der Waals surface area contributed by atoms with Crippen molar-refractivity contribution in [2.75, 3.05) is 0 Å². The molecule has 0 aliphatic carbocycles. The Morgan fingerprint density at radius 3 is 2.00 bits per heavy atom. The third-order valence-corrected chi connectivity index (χ3v) is 8.20. The van der Waals surface area contributed by atoms with Gasteiger partial charge in [-0.3, -0.25) is 9.55 Å². The maximum absolute atomic E-state index is 4.87. The van der Waals surface area contributed by atoms with E-state index in [1.807, 2.05) is 24.5 Å². The number of pyridine rings is 3. The molecule has 0 radical (unpaired) electrons. The van der Waals surface area contributed by atoms with Crippen molar-refractivity contribution in [2.45, 2.75) is 0 Å². The molecule has 0 bridgehead atoms. The first-order valence-electron chi connectivity index (χ1n) is 13.5. The quantitative estimate of drug-likeness (QED) is 0.218. The molecule has 0 spiro atoms. The van der Waals surface area contributed by atoms with Crippen LogP contribution in [0.3, 0.4) is 0 Å². The van der Waals surface area contributed by atoms with Crippen LogP contribution >= 0.6 is 0 Å². The van der Waals surface area contributed by atoms with Crippen molar-refractivity contribution < 1.29 is 0 Å². The minimum atomic E-state index is 0.892. The van der Waals surface area contributed by atoms with Gasteiger partial charge in [-0.15, -0.1) is 0 Å². The van der Waals surface area contributed by atoms with Gasteiger partial charge in [0, 0.05) is 51.1 Å². The summed E-state index contributed by atoms with van der Waals surface area (Å²) in [4.78, 5) is 9.20. The van der Waals surface area contributed by atoms with Crippen molar-refractivity contribution in [3.63, 3.8) is 0 Å². The highest BCUT2D eigenvalue weighted by Crippen LogP contribution is 2.39. The fourth-order valence-electron chi connectivity index (χ4n) is 6.46. The van der Waals surface area contributed by atoms with Crippen molar-refractivity contribution >= 4 is 59.9 Å². The van der Waals surface area contributed by atoms with E-state index in [-0.39, 0.29) is 0 Å². The van der Waals surface area contributed by atoms with Gasteiger partial charge in [0.05, 0.1) is 27.6 Å². The van der Waals surface area contributed by atoms with Crippen LogP contribution in [0.25, 0.3) is 76.8 Å². The van der Waals surface area contributed by atoms with Crippen LogP contribution in [0.4, 0.5) is 0 Å². The highest BCUT2D eigenvalue weighted by Gasteiger charge is 2.18. The molecule has 0 unspecified atom stereocenters. The number of benzene rings is 4. The maximum Gasteiger partial charge on any atom is 0.138 e. The zero-order valence-electron chi connectivity index (χ0n) is 21.5. The molecule has 4 heteroatoms. The van der Waals surface area contributed by atoms with Crippen LogP contribution in [0.15, 0.2) is 134 Å². The van der Waals surface area contributed by atoms with Crippen LogP contribution in [0.2, 0.25) is 0 Å². The predicted molar refractivity (Wildman–Crippen MR) is 165 cm³/mol. The molecule has 0 aliphatic heterocycles. The third kappa shape index (κ3) is 2.90. The Bertz CT molecular complexity index is 2430. The molecule has 5 heterocycles. The van der Waals surface area contributed by atoms with Crippen molar-refractivity contribution in [1.29, 1.82) is 0 Å². The van der Waals surface area contributed by atoms with Gasteiger partial charge in [-0.05, 0) is 59.5 Å². The molecule has 0 atom stereocenters. The van der Waals surface area contributed by atoms with Crippen molar-refractivity contribution in [3.8, 4) is 16.9 Å². The minimum absolute atomic E-state index is 0.892. The summed E-state index contributed by atoms with van der Waals surface area (Å²) in [7, 11) is 0. The molecule has 9 rings (SSSR count). The maximum atomic E-state index is 4.87. The van der Waals surface area contributed by atoms with E-state index < -0.39 is 0 Å². The van der Waals surface area contributed by atoms with E-state index in [4.69, 9.17) is 4.98 Å². The lowest BCUT2D eigenvalue weighted by Gasteiger charge is -2.12. The topological polar surface area (TPSA) is 35.1 Å². The Hall–Kier alpha value is -5.48. The fourth-order valence-corrected chi connectivity index (χ4v) is 6.46. The van der Waals surface area contributed by atoms with E-state index in [0.717, 1.165) is 28.0 Å². The number of hydrogen-bond acceptors (Lipinski definition) is 2. The zero-order valence-corrected chi connectivity index (χ0v) is 21.5. The number of para-hydroxylation sites is 2. The molecule has 0 N–H and O–H groups in total. The molecular formula is C36H22N4. The van der Waals surface area contributed by atoms with Crippen LogP contribution in [-0.2, 0) is 0 Å². The Labute approximate surface area is 229 Å². The average molecular weight is 511 g/mol. The molecule has 4 nitrogen and oxygen atoms in total. The lowest BCUT2D eigenvalue weighted by atomic mass is 10.0. The van der Waals surface area contributed by atoms with Gasteiger partial charge in [-0.25, -0.2) is 4.98 Å². The molecule has 5 aromatic heterocycles. The highest BCUT2D eigenvalue weighted by atomic mass is 15.1. The van der Waals surface area contributed by atoms with Gasteiger partial charge < -0.3 is 4.40 Å². The third-order valence-electron chi connectivity index (χ3n) is 8.20. The summed E-state index contributed by atoms with van der Waals surface area (Å²) in [5.41, 5.74) is 8.12. The normalized spacial score (nSPS) is 12.0. The van der Waals surface area contributed by atoms with Crippen LogP contribution in [0.5, 0.6) is 0 Å². The Morgan fingerprint density at radius 2 is 1.15 bits per heavy atom. The van der Waals surface area contributed by atoms with Crippen molar-refractivity contribution in [3.05, 3.63) is 134 Å². The molecular weight excluding hydrogens is 488 g/mol. The van der Waals surface area contributed by atoms with E-state index in [1.54, 1.807) is 6.20 Å². The second kappa shape index (κ2) is 8.01. The van der Waals surface area contributed by atoms with Crippen molar-refractivity contribution in [2.24, 2.45) is 0 Å². The van der Waals surface area contributed by atoms with Gasteiger partial charge in [0.15, 0.2) is 0 Å². The van der Waals surface area contributed by atoms with Crippen molar-refractivity contribution in [1.82, 2.24) is 18.9 Å². The summed E-state index contributed by atoms with van der Waals surface area (Å²) in [6.07, 6.45) is 5.60. The first-order chi connectivity index (χ1) is 19.8. The van der Waals surface area contributed by atoms with Gasteiger partial charge >= 0.3 is 0 Å². The van der Waals surface area contributed by atoms with Gasteiger partial charge in [0.2, 0.25) is 0 Å². The molecule has 186 valence electrons. The number of rotatable bonds is 2. The van der Waals surface area contributed by atoms with Crippen LogP contribution in [0, 0.1) is 0 Å². The number of nitrogens with zero attached hydrogens (tertiary/aromatic N) is 4. The average Bonchev–Trinajstić information content (AvgIpc) is 3.57. The first kappa shape index (κ1) is 21.5. The van der Waals surface area contributed by atoms with Gasteiger partial charge in [0.25, 0.3) is 0 Å². The minimum Gasteiger partial charge on any atom is -0.309 e. The van der Waals surface area contributed by atoms with Crippen LogP contribution in [-0.4, -0.2) is 18.9 Å². The predicted octanol–water partition coefficient (Wildman–Crippen LogP) is 8.95. The molecule has 40 heavy (non-hydrogen) atoms. The molecule has 4 aromatic carbocycles. The standard InChI is InChI=1S/C36H22N4/c1-5-13-31-24(8-1)18-33-27-11-3-2-10-26(27)29-20-35-30(21-34(29)39(31)33)28-12-4-6-14-32(28)40(35)36-19-23(15-17-38-36)25-9-7-16-37-22-25/h1-22H. The summed E-state index contributed by atoms with van der Waals surface area (Å²) in [5, 5.41) is 7.41. The van der Waals surface area contributed by atoms with Gasteiger partial charge in [0.1, 0.15) is 5.82 Å². The zero-order chi connectivity index (χ0) is 26.2. The summed E-state index contributed by atoms with van der Waals surface area (Å²) < 4.78 is 4.73. The highest BCUT2D eigenvalue weighted by molar-refractivity contribution is 6.21. The Morgan fingerprint density at radius 1 is 0.450 bits per heavy atom. The summed E-state index contributed by atoms with van der Waals surface area (Å²) in [6, 6.07) is 41.4.